The average molecular weight is 190 g/mol. The van der Waals surface area contributed by atoms with Crippen LogP contribution >= 0.6 is 0 Å². The minimum Gasteiger partial charge on any atom is -0.497 e. The fraction of sp³-hybridized carbons (Fsp3) is 0.200. The Kier molecular flexibility index (Phi) is 1.96. The van der Waals surface area contributed by atoms with Crippen LogP contribution in [0.25, 0.3) is 5.52 Å². The first-order valence-corrected chi connectivity index (χ1v) is 4.24. The number of aldehydes is 1. The average Bonchev–Trinajstić information content (AvgIpc) is 2.55. The number of pyridine rings is 1. The van der Waals surface area contributed by atoms with Gasteiger partial charge in [0.25, 0.3) is 0 Å². The van der Waals surface area contributed by atoms with E-state index < -0.39 is 0 Å². The molecule has 2 rings (SSSR count). The van der Waals surface area contributed by atoms with Gasteiger partial charge in [0.1, 0.15) is 17.3 Å². The molecular weight excluding hydrogens is 180 g/mol. The van der Waals surface area contributed by atoms with Crippen LogP contribution in [0.4, 0.5) is 0 Å². The van der Waals surface area contributed by atoms with Crippen molar-refractivity contribution in [3.63, 3.8) is 0 Å². The summed E-state index contributed by atoms with van der Waals surface area (Å²) in [4.78, 5) is 14.8. The Hall–Kier alpha value is -1.84. The Morgan fingerprint density at radius 3 is 3.00 bits per heavy atom. The summed E-state index contributed by atoms with van der Waals surface area (Å²) in [6.45, 7) is 1.85. The molecule has 0 unspecified atom stereocenters. The van der Waals surface area contributed by atoms with E-state index in [1.165, 1.54) is 0 Å². The molecule has 0 N–H and O–H groups in total. The summed E-state index contributed by atoms with van der Waals surface area (Å²) in [6.07, 6.45) is 2.59. The molecule has 0 bridgehead atoms. The highest BCUT2D eigenvalue weighted by Gasteiger charge is 2.07. The fourth-order valence-corrected chi connectivity index (χ4v) is 1.46. The molecule has 0 aliphatic rings. The van der Waals surface area contributed by atoms with Crippen LogP contribution < -0.4 is 4.74 Å². The van der Waals surface area contributed by atoms with E-state index in [1.54, 1.807) is 13.2 Å². The van der Waals surface area contributed by atoms with E-state index in [1.807, 2.05) is 23.6 Å². The van der Waals surface area contributed by atoms with Crippen LogP contribution in [0.5, 0.6) is 5.75 Å². The van der Waals surface area contributed by atoms with Crippen molar-refractivity contribution in [1.29, 1.82) is 0 Å². The Bertz CT molecular complexity index is 488. The molecule has 0 atom stereocenters. The summed E-state index contributed by atoms with van der Waals surface area (Å²) in [5.74, 6) is 1.52. The quantitative estimate of drug-likeness (QED) is 0.673. The lowest BCUT2D eigenvalue weighted by Gasteiger charge is -2.00. The minimum atomic E-state index is 0.446. The molecule has 0 spiro atoms. The third kappa shape index (κ3) is 1.16. The summed E-state index contributed by atoms with van der Waals surface area (Å²) >= 11 is 0. The van der Waals surface area contributed by atoms with Gasteiger partial charge < -0.3 is 9.14 Å². The first-order chi connectivity index (χ1) is 6.76. The van der Waals surface area contributed by atoms with Crippen LogP contribution in [0.2, 0.25) is 0 Å². The van der Waals surface area contributed by atoms with Crippen LogP contribution in [-0.2, 0) is 0 Å². The van der Waals surface area contributed by atoms with Crippen molar-refractivity contribution in [3.8, 4) is 5.75 Å². The normalized spacial score (nSPS) is 10.4. The smallest absolute Gasteiger partial charge is 0.170 e. The molecule has 0 aliphatic heterocycles. The van der Waals surface area contributed by atoms with Gasteiger partial charge in [-0.1, -0.05) is 0 Å². The number of imidazole rings is 1. The largest absolute Gasteiger partial charge is 0.497 e. The van der Waals surface area contributed by atoms with E-state index in [4.69, 9.17) is 4.74 Å². The molecule has 2 aromatic rings. The van der Waals surface area contributed by atoms with Crippen molar-refractivity contribution in [2.24, 2.45) is 0 Å². The minimum absolute atomic E-state index is 0.446. The second-order valence-electron chi connectivity index (χ2n) is 2.98. The van der Waals surface area contributed by atoms with Crippen LogP contribution in [0.1, 0.15) is 16.3 Å². The molecule has 4 nitrogen and oxygen atoms in total. The number of aromatic nitrogens is 2. The van der Waals surface area contributed by atoms with E-state index in [-0.39, 0.29) is 0 Å². The zero-order valence-electron chi connectivity index (χ0n) is 8.02. The van der Waals surface area contributed by atoms with Crippen LogP contribution in [0, 0.1) is 6.92 Å². The van der Waals surface area contributed by atoms with Gasteiger partial charge in [-0.25, -0.2) is 4.98 Å². The van der Waals surface area contributed by atoms with Gasteiger partial charge in [0, 0.05) is 12.3 Å². The summed E-state index contributed by atoms with van der Waals surface area (Å²) < 4.78 is 6.93. The molecule has 4 heteroatoms. The third-order valence-electron chi connectivity index (χ3n) is 2.17. The van der Waals surface area contributed by atoms with Crippen molar-refractivity contribution in [2.45, 2.75) is 6.92 Å². The third-order valence-corrected chi connectivity index (χ3v) is 2.17. The fourth-order valence-electron chi connectivity index (χ4n) is 1.46. The Balaban J connectivity index is 2.77. The Labute approximate surface area is 81.1 Å². The molecular formula is C10H10N2O2. The van der Waals surface area contributed by atoms with Gasteiger partial charge in [0.05, 0.1) is 12.6 Å². The number of fused-ring (bicyclic) bond motifs is 1. The highest BCUT2D eigenvalue weighted by molar-refractivity contribution is 5.84. The first-order valence-electron chi connectivity index (χ1n) is 4.24. The molecule has 72 valence electrons. The zero-order chi connectivity index (χ0) is 10.1. The van der Waals surface area contributed by atoms with Crippen LogP contribution in [-0.4, -0.2) is 22.8 Å². The van der Waals surface area contributed by atoms with Crippen LogP contribution in [0.15, 0.2) is 18.3 Å². The highest BCUT2D eigenvalue weighted by atomic mass is 16.5. The van der Waals surface area contributed by atoms with Crippen molar-refractivity contribution in [1.82, 2.24) is 9.38 Å². The number of rotatable bonds is 2. The number of carbonyl (C=O) groups is 1. The van der Waals surface area contributed by atoms with Gasteiger partial charge in [-0.05, 0) is 13.0 Å². The molecule has 0 fully saturated rings. The molecule has 14 heavy (non-hydrogen) atoms. The van der Waals surface area contributed by atoms with Gasteiger partial charge in [0.15, 0.2) is 6.29 Å². The second kappa shape index (κ2) is 3.14. The monoisotopic (exact) mass is 190 g/mol. The number of aryl methyl sites for hydroxylation is 1. The Morgan fingerprint density at radius 2 is 2.36 bits per heavy atom. The van der Waals surface area contributed by atoms with E-state index in [0.29, 0.717) is 5.69 Å². The number of hydrogen-bond donors (Lipinski definition) is 0. The number of ether oxygens (including phenoxy) is 1. The SMILES string of the molecule is COc1ccn2c(C)nc(C=O)c2c1. The van der Waals surface area contributed by atoms with E-state index in [2.05, 4.69) is 4.98 Å². The maximum atomic E-state index is 10.7. The molecule has 0 aliphatic carbocycles. The number of carbonyl (C=O) groups excluding carboxylic acids is 1. The standard InChI is InChI=1S/C10H10N2O2/c1-7-11-9(6-13)10-5-8(14-2)3-4-12(7)10/h3-6H,1-2H3. The first kappa shape index (κ1) is 8.74. The molecule has 0 saturated carbocycles. The van der Waals surface area contributed by atoms with Crippen molar-refractivity contribution in [3.05, 3.63) is 29.8 Å². The molecule has 2 aromatic heterocycles. The maximum absolute atomic E-state index is 10.7. The van der Waals surface area contributed by atoms with Gasteiger partial charge in [-0.15, -0.1) is 0 Å². The highest BCUT2D eigenvalue weighted by Crippen LogP contribution is 2.17. The number of hydrogen-bond acceptors (Lipinski definition) is 3. The van der Waals surface area contributed by atoms with Gasteiger partial charge in [-0.3, -0.25) is 4.79 Å². The van der Waals surface area contributed by atoms with E-state index >= 15 is 0 Å². The summed E-state index contributed by atoms with van der Waals surface area (Å²) in [7, 11) is 1.59. The van der Waals surface area contributed by atoms with Gasteiger partial charge in [-0.2, -0.15) is 0 Å². The van der Waals surface area contributed by atoms with Crippen molar-refractivity contribution >= 4 is 11.8 Å². The number of nitrogens with zero attached hydrogens (tertiary/aromatic N) is 2. The van der Waals surface area contributed by atoms with Crippen LogP contribution in [0.3, 0.4) is 0 Å². The Morgan fingerprint density at radius 1 is 1.57 bits per heavy atom. The molecule has 0 amide bonds. The topological polar surface area (TPSA) is 43.6 Å². The molecule has 0 aromatic carbocycles. The van der Waals surface area contributed by atoms with E-state index in [9.17, 15) is 4.79 Å². The summed E-state index contributed by atoms with van der Waals surface area (Å²) in [5, 5.41) is 0. The molecule has 0 radical (unpaired) electrons. The second-order valence-corrected chi connectivity index (χ2v) is 2.98. The van der Waals surface area contributed by atoms with Crippen molar-refractivity contribution in [2.75, 3.05) is 7.11 Å². The van der Waals surface area contributed by atoms with Crippen molar-refractivity contribution < 1.29 is 9.53 Å². The maximum Gasteiger partial charge on any atom is 0.170 e. The summed E-state index contributed by atoms with van der Waals surface area (Å²) in [6, 6.07) is 3.62. The lowest BCUT2D eigenvalue weighted by molar-refractivity contribution is 0.112. The molecule has 2 heterocycles. The zero-order valence-corrected chi connectivity index (χ0v) is 8.02. The number of methoxy groups -OCH3 is 1. The lowest BCUT2D eigenvalue weighted by Crippen LogP contribution is -1.89. The van der Waals surface area contributed by atoms with Gasteiger partial charge in [0.2, 0.25) is 0 Å². The summed E-state index contributed by atoms with van der Waals surface area (Å²) in [5.41, 5.74) is 1.22. The lowest BCUT2D eigenvalue weighted by atomic mass is 10.3. The molecule has 0 saturated heterocycles. The predicted molar refractivity (Wildman–Crippen MR) is 51.9 cm³/mol. The van der Waals surface area contributed by atoms with Gasteiger partial charge >= 0.3 is 0 Å². The predicted octanol–water partition coefficient (Wildman–Crippen LogP) is 1.46. The van der Waals surface area contributed by atoms with E-state index in [0.717, 1.165) is 23.4 Å².